The van der Waals surface area contributed by atoms with Crippen LogP contribution in [0.5, 0.6) is 5.75 Å². The van der Waals surface area contributed by atoms with Gasteiger partial charge in [0, 0.05) is 12.1 Å². The smallest absolute Gasteiger partial charge is 0.238 e. The van der Waals surface area contributed by atoms with Crippen LogP contribution in [0.3, 0.4) is 0 Å². The molecule has 3 N–H and O–H groups in total. The Morgan fingerprint density at radius 1 is 1.29 bits per heavy atom. The lowest BCUT2D eigenvalue weighted by molar-refractivity contribution is -0.120. The number of carbonyl (C=O) groups is 1. The van der Waals surface area contributed by atoms with Crippen molar-refractivity contribution in [3.05, 3.63) is 29.3 Å². The van der Waals surface area contributed by atoms with Crippen molar-refractivity contribution in [3.63, 3.8) is 0 Å². The van der Waals surface area contributed by atoms with Crippen molar-refractivity contribution in [1.29, 1.82) is 0 Å². The van der Waals surface area contributed by atoms with Gasteiger partial charge in [-0.3, -0.25) is 15.1 Å². The molecule has 0 saturated carbocycles. The van der Waals surface area contributed by atoms with Gasteiger partial charge in [-0.1, -0.05) is 32.9 Å². The normalized spacial score (nSPS) is 10.7. The van der Waals surface area contributed by atoms with E-state index in [2.05, 4.69) is 31.1 Å². The lowest BCUT2D eigenvalue weighted by Crippen LogP contribution is -2.31. The molecule has 1 aromatic rings. The van der Waals surface area contributed by atoms with Crippen molar-refractivity contribution in [2.75, 3.05) is 19.7 Å². The van der Waals surface area contributed by atoms with Gasteiger partial charge in [-0.05, 0) is 31.1 Å². The number of nitrogens with one attached hydrogen (secondary N) is 1. The van der Waals surface area contributed by atoms with Gasteiger partial charge >= 0.3 is 0 Å². The summed E-state index contributed by atoms with van der Waals surface area (Å²) in [7, 11) is 0. The molecule has 0 atom stereocenters. The van der Waals surface area contributed by atoms with Gasteiger partial charge in [-0.2, -0.15) is 0 Å². The number of nitrogens with two attached hydrogens (primary N) is 1. The molecule has 5 nitrogen and oxygen atoms in total. The predicted octanol–water partition coefficient (Wildman–Crippen LogP) is 1.85. The fourth-order valence-corrected chi connectivity index (χ4v) is 2.14. The minimum atomic E-state index is -0.189. The number of carbonyl (C=O) groups excluding carboxylic acids is 1. The number of amides is 1. The molecule has 0 heterocycles. The number of hydrogen-bond acceptors (Lipinski definition) is 4. The van der Waals surface area contributed by atoms with Crippen LogP contribution in [0.2, 0.25) is 0 Å². The van der Waals surface area contributed by atoms with E-state index in [4.69, 9.17) is 10.6 Å². The molecule has 1 amide bonds. The predicted molar refractivity (Wildman–Crippen MR) is 84.9 cm³/mol. The molecule has 0 spiro atoms. The molecule has 5 heteroatoms. The maximum absolute atomic E-state index is 11.4. The lowest BCUT2D eigenvalue weighted by atomic mass is 10.1. The van der Waals surface area contributed by atoms with E-state index < -0.39 is 0 Å². The van der Waals surface area contributed by atoms with Gasteiger partial charge in [-0.15, -0.1) is 0 Å². The summed E-state index contributed by atoms with van der Waals surface area (Å²) in [6.07, 6.45) is 1.26. The van der Waals surface area contributed by atoms with Crippen LogP contribution in [0.25, 0.3) is 0 Å². The van der Waals surface area contributed by atoms with Crippen LogP contribution in [-0.4, -0.2) is 30.5 Å². The van der Waals surface area contributed by atoms with Gasteiger partial charge in [0.05, 0.1) is 13.0 Å². The van der Waals surface area contributed by atoms with E-state index in [-0.39, 0.29) is 12.3 Å². The first-order valence-corrected chi connectivity index (χ1v) is 7.60. The van der Waals surface area contributed by atoms with E-state index in [9.17, 15) is 4.79 Å². The number of hydrazine groups is 1. The average Bonchev–Trinajstić information content (AvgIpc) is 2.51. The molecule has 1 rings (SSSR count). The van der Waals surface area contributed by atoms with Gasteiger partial charge in [0.25, 0.3) is 0 Å². The highest BCUT2D eigenvalue weighted by atomic mass is 16.5. The molecule has 0 aliphatic rings. The molecular formula is C16H27N3O2. The SMILES string of the molecule is CCCOc1ccc(CC(=O)NN)cc1CN(CC)CC. The van der Waals surface area contributed by atoms with Crippen LogP contribution < -0.4 is 16.0 Å². The first-order valence-electron chi connectivity index (χ1n) is 7.60. The van der Waals surface area contributed by atoms with Crippen LogP contribution in [0, 0.1) is 0 Å². The van der Waals surface area contributed by atoms with Crippen LogP contribution in [0.4, 0.5) is 0 Å². The van der Waals surface area contributed by atoms with Crippen molar-refractivity contribution in [1.82, 2.24) is 10.3 Å². The summed E-state index contributed by atoms with van der Waals surface area (Å²) < 4.78 is 5.81. The Morgan fingerprint density at radius 3 is 2.57 bits per heavy atom. The maximum Gasteiger partial charge on any atom is 0.238 e. The first-order chi connectivity index (χ1) is 10.1. The quantitative estimate of drug-likeness (QED) is 0.414. The Kier molecular flexibility index (Phi) is 7.79. The molecule has 0 aliphatic carbocycles. The summed E-state index contributed by atoms with van der Waals surface area (Å²) in [5.41, 5.74) is 4.23. The van der Waals surface area contributed by atoms with E-state index in [1.807, 2.05) is 18.2 Å². The fourth-order valence-electron chi connectivity index (χ4n) is 2.14. The number of benzene rings is 1. The molecule has 0 radical (unpaired) electrons. The van der Waals surface area contributed by atoms with Crippen molar-refractivity contribution in [2.24, 2.45) is 5.84 Å². The Labute approximate surface area is 127 Å². The summed E-state index contributed by atoms with van der Waals surface area (Å²) in [5.74, 6) is 5.86. The van der Waals surface area contributed by atoms with E-state index in [0.717, 1.165) is 42.9 Å². The van der Waals surface area contributed by atoms with E-state index in [0.29, 0.717) is 6.61 Å². The number of nitrogens with zero attached hydrogens (tertiary/aromatic N) is 1. The molecular weight excluding hydrogens is 266 g/mol. The van der Waals surface area contributed by atoms with Crippen LogP contribution >= 0.6 is 0 Å². The Balaban J connectivity index is 2.94. The largest absolute Gasteiger partial charge is 0.493 e. The van der Waals surface area contributed by atoms with Crippen molar-refractivity contribution in [2.45, 2.75) is 40.2 Å². The zero-order valence-corrected chi connectivity index (χ0v) is 13.3. The lowest BCUT2D eigenvalue weighted by Gasteiger charge is -2.21. The second kappa shape index (κ2) is 9.37. The molecule has 1 aromatic carbocycles. The van der Waals surface area contributed by atoms with Gasteiger partial charge in [0.15, 0.2) is 0 Å². The molecule has 118 valence electrons. The topological polar surface area (TPSA) is 67.6 Å². The molecule has 0 bridgehead atoms. The zero-order valence-electron chi connectivity index (χ0n) is 13.3. The van der Waals surface area contributed by atoms with Gasteiger partial charge < -0.3 is 4.74 Å². The highest BCUT2D eigenvalue weighted by Gasteiger charge is 2.10. The summed E-state index contributed by atoms with van der Waals surface area (Å²) in [4.78, 5) is 13.7. The average molecular weight is 293 g/mol. The zero-order chi connectivity index (χ0) is 15.7. The number of ether oxygens (including phenoxy) is 1. The Hall–Kier alpha value is -1.59. The maximum atomic E-state index is 11.4. The van der Waals surface area contributed by atoms with E-state index in [1.165, 1.54) is 0 Å². The molecule has 0 unspecified atom stereocenters. The highest BCUT2D eigenvalue weighted by Crippen LogP contribution is 2.22. The number of rotatable bonds is 9. The summed E-state index contributed by atoms with van der Waals surface area (Å²) in [5, 5.41) is 0. The molecule has 0 fully saturated rings. The van der Waals surface area contributed by atoms with Crippen LogP contribution in [0.1, 0.15) is 38.3 Å². The summed E-state index contributed by atoms with van der Waals surface area (Å²) in [6.45, 7) is 9.86. The fraction of sp³-hybridized carbons (Fsp3) is 0.562. The van der Waals surface area contributed by atoms with Gasteiger partial charge in [-0.25, -0.2) is 5.84 Å². The minimum Gasteiger partial charge on any atom is -0.493 e. The third-order valence-electron chi connectivity index (χ3n) is 3.40. The standard InChI is InChI=1S/C16H27N3O2/c1-4-9-21-15-8-7-13(11-16(20)18-17)10-14(15)12-19(5-2)6-3/h7-8,10H,4-6,9,11-12,17H2,1-3H3,(H,18,20). The monoisotopic (exact) mass is 293 g/mol. The summed E-state index contributed by atoms with van der Waals surface area (Å²) >= 11 is 0. The first kappa shape index (κ1) is 17.5. The van der Waals surface area contributed by atoms with E-state index >= 15 is 0 Å². The molecule has 0 saturated heterocycles. The highest BCUT2D eigenvalue weighted by molar-refractivity contribution is 5.78. The van der Waals surface area contributed by atoms with Gasteiger partial charge in [0.1, 0.15) is 5.75 Å². The third kappa shape index (κ3) is 5.73. The van der Waals surface area contributed by atoms with Crippen molar-refractivity contribution < 1.29 is 9.53 Å². The third-order valence-corrected chi connectivity index (χ3v) is 3.40. The number of hydrogen-bond donors (Lipinski definition) is 2. The van der Waals surface area contributed by atoms with Crippen LogP contribution in [0.15, 0.2) is 18.2 Å². The Bertz CT molecular complexity index is 445. The molecule has 0 aliphatic heterocycles. The minimum absolute atomic E-state index is 0.189. The van der Waals surface area contributed by atoms with Crippen LogP contribution in [-0.2, 0) is 17.8 Å². The molecule has 0 aromatic heterocycles. The Morgan fingerprint density at radius 2 is 2.00 bits per heavy atom. The molecule has 21 heavy (non-hydrogen) atoms. The second-order valence-electron chi connectivity index (χ2n) is 5.00. The summed E-state index contributed by atoms with van der Waals surface area (Å²) in [6, 6.07) is 5.91. The van der Waals surface area contributed by atoms with Gasteiger partial charge in [0.2, 0.25) is 5.91 Å². The second-order valence-corrected chi connectivity index (χ2v) is 5.00. The van der Waals surface area contributed by atoms with Crippen molar-refractivity contribution >= 4 is 5.91 Å². The van der Waals surface area contributed by atoms with E-state index in [1.54, 1.807) is 0 Å². The van der Waals surface area contributed by atoms with Crippen molar-refractivity contribution in [3.8, 4) is 5.75 Å².